The first kappa shape index (κ1) is 18.2. The van der Waals surface area contributed by atoms with Gasteiger partial charge in [0, 0.05) is 22.8 Å². The number of carbonyl (C=O) groups is 2. The van der Waals surface area contributed by atoms with Gasteiger partial charge >= 0.3 is 0 Å². The van der Waals surface area contributed by atoms with Crippen LogP contribution in [0.4, 0.5) is 11.4 Å². The maximum atomic E-state index is 12.3. The van der Waals surface area contributed by atoms with Crippen molar-refractivity contribution in [3.05, 3.63) is 58.1 Å². The quantitative estimate of drug-likeness (QED) is 0.829. The first-order chi connectivity index (χ1) is 11.4. The Hall–Kier alpha value is -2.14. The van der Waals surface area contributed by atoms with Crippen LogP contribution in [0.1, 0.15) is 25.0 Å². The van der Waals surface area contributed by atoms with Gasteiger partial charge in [0.15, 0.2) is 0 Å². The van der Waals surface area contributed by atoms with Crippen LogP contribution in [0.5, 0.6) is 0 Å². The van der Waals surface area contributed by atoms with Crippen molar-refractivity contribution in [1.29, 1.82) is 0 Å². The highest BCUT2D eigenvalue weighted by Gasteiger charge is 2.16. The lowest BCUT2D eigenvalue weighted by Crippen LogP contribution is -2.36. The molecule has 2 rings (SSSR count). The van der Waals surface area contributed by atoms with Crippen molar-refractivity contribution in [2.24, 2.45) is 0 Å². The van der Waals surface area contributed by atoms with E-state index in [4.69, 9.17) is 0 Å². The molecule has 2 aromatic carbocycles. The zero-order valence-corrected chi connectivity index (χ0v) is 15.7. The number of carbonyl (C=O) groups excluding carboxylic acids is 2. The number of nitrogens with zero attached hydrogens (tertiary/aromatic N) is 1. The van der Waals surface area contributed by atoms with Gasteiger partial charge in [-0.25, -0.2) is 0 Å². The van der Waals surface area contributed by atoms with E-state index in [-0.39, 0.29) is 18.4 Å². The Labute approximate surface area is 151 Å². The van der Waals surface area contributed by atoms with Gasteiger partial charge in [0.1, 0.15) is 6.54 Å². The second-order valence-corrected chi connectivity index (χ2v) is 6.49. The molecule has 0 fully saturated rings. The molecule has 0 saturated carbocycles. The van der Waals surface area contributed by atoms with Gasteiger partial charge in [-0.1, -0.05) is 41.1 Å². The minimum atomic E-state index is -0.236. The van der Waals surface area contributed by atoms with Gasteiger partial charge in [-0.3, -0.25) is 9.59 Å². The zero-order chi connectivity index (χ0) is 17.7. The number of hydrogen-bond acceptors (Lipinski definition) is 2. The standard InChI is InChI=1S/C19H21BrN2O2/c1-4-15-6-9-17(10-7-15)22(14(3)23)12-19(24)21-16-8-5-13(2)18(20)11-16/h5-11H,4,12H2,1-3H3,(H,21,24). The van der Waals surface area contributed by atoms with Crippen LogP contribution in [0.2, 0.25) is 0 Å². The molecule has 5 heteroatoms. The third-order valence-electron chi connectivity index (χ3n) is 3.79. The van der Waals surface area contributed by atoms with Crippen molar-refractivity contribution < 1.29 is 9.59 Å². The molecule has 0 unspecified atom stereocenters. The van der Waals surface area contributed by atoms with Gasteiger partial charge in [-0.2, -0.15) is 0 Å². The fourth-order valence-electron chi connectivity index (χ4n) is 2.31. The molecule has 126 valence electrons. The molecule has 0 aliphatic heterocycles. The highest BCUT2D eigenvalue weighted by molar-refractivity contribution is 9.10. The predicted molar refractivity (Wildman–Crippen MR) is 101 cm³/mol. The Morgan fingerprint density at radius 2 is 1.79 bits per heavy atom. The molecule has 0 aliphatic carbocycles. The summed E-state index contributed by atoms with van der Waals surface area (Å²) in [6.45, 7) is 5.49. The van der Waals surface area contributed by atoms with Crippen LogP contribution < -0.4 is 10.2 Å². The highest BCUT2D eigenvalue weighted by atomic mass is 79.9. The van der Waals surface area contributed by atoms with E-state index in [0.717, 1.165) is 22.1 Å². The molecule has 0 aliphatic rings. The van der Waals surface area contributed by atoms with Gasteiger partial charge in [0.25, 0.3) is 0 Å². The molecule has 2 amide bonds. The Kier molecular flexibility index (Phi) is 6.15. The minimum absolute atomic E-state index is 0.0215. The van der Waals surface area contributed by atoms with Gasteiger partial charge in [-0.05, 0) is 48.7 Å². The summed E-state index contributed by atoms with van der Waals surface area (Å²) in [5.74, 6) is -0.403. The Balaban J connectivity index is 2.10. The van der Waals surface area contributed by atoms with E-state index in [9.17, 15) is 9.59 Å². The number of nitrogens with one attached hydrogen (secondary N) is 1. The zero-order valence-electron chi connectivity index (χ0n) is 14.1. The first-order valence-corrected chi connectivity index (χ1v) is 8.63. The smallest absolute Gasteiger partial charge is 0.244 e. The van der Waals surface area contributed by atoms with Crippen molar-refractivity contribution in [2.75, 3.05) is 16.8 Å². The number of benzene rings is 2. The summed E-state index contributed by atoms with van der Waals surface area (Å²) in [6.07, 6.45) is 0.934. The van der Waals surface area contributed by atoms with E-state index in [0.29, 0.717) is 5.69 Å². The maximum Gasteiger partial charge on any atom is 0.244 e. The molecular formula is C19H21BrN2O2. The van der Waals surface area contributed by atoms with Gasteiger partial charge in [0.05, 0.1) is 0 Å². The van der Waals surface area contributed by atoms with Crippen LogP contribution in [-0.4, -0.2) is 18.4 Å². The third-order valence-corrected chi connectivity index (χ3v) is 4.65. The molecule has 24 heavy (non-hydrogen) atoms. The van der Waals surface area contributed by atoms with Crippen LogP contribution in [0.15, 0.2) is 46.9 Å². The highest BCUT2D eigenvalue weighted by Crippen LogP contribution is 2.21. The molecule has 0 radical (unpaired) electrons. The largest absolute Gasteiger partial charge is 0.324 e. The van der Waals surface area contributed by atoms with Crippen LogP contribution >= 0.6 is 15.9 Å². The van der Waals surface area contributed by atoms with E-state index in [1.807, 2.05) is 49.4 Å². The SMILES string of the molecule is CCc1ccc(N(CC(=O)Nc2ccc(C)c(Br)c2)C(C)=O)cc1. The van der Waals surface area contributed by atoms with Crippen molar-refractivity contribution in [2.45, 2.75) is 27.2 Å². The molecule has 0 saturated heterocycles. The summed E-state index contributed by atoms with van der Waals surface area (Å²) in [5.41, 5.74) is 3.70. The monoisotopic (exact) mass is 388 g/mol. The molecule has 4 nitrogen and oxygen atoms in total. The first-order valence-electron chi connectivity index (χ1n) is 7.83. The number of aryl methyl sites for hydroxylation is 2. The van der Waals surface area contributed by atoms with Crippen molar-refractivity contribution in [1.82, 2.24) is 0 Å². The van der Waals surface area contributed by atoms with E-state index >= 15 is 0 Å². The number of amides is 2. The summed E-state index contributed by atoms with van der Waals surface area (Å²) in [4.78, 5) is 25.7. The number of hydrogen-bond donors (Lipinski definition) is 1. The van der Waals surface area contributed by atoms with E-state index in [1.54, 1.807) is 0 Å². The topological polar surface area (TPSA) is 49.4 Å². The van der Waals surface area contributed by atoms with Gasteiger partial charge < -0.3 is 10.2 Å². The van der Waals surface area contributed by atoms with Crippen LogP contribution in [0.25, 0.3) is 0 Å². The summed E-state index contributed by atoms with van der Waals surface area (Å²) >= 11 is 3.44. The van der Waals surface area contributed by atoms with E-state index in [2.05, 4.69) is 28.2 Å². The lowest BCUT2D eigenvalue weighted by atomic mass is 10.1. The molecule has 0 aromatic heterocycles. The molecule has 0 heterocycles. The Bertz CT molecular complexity index is 742. The fraction of sp³-hybridized carbons (Fsp3) is 0.263. The third kappa shape index (κ3) is 4.68. The van der Waals surface area contributed by atoms with Crippen molar-refractivity contribution in [3.63, 3.8) is 0 Å². The lowest BCUT2D eigenvalue weighted by molar-refractivity contribution is -0.120. The van der Waals surface area contributed by atoms with Crippen LogP contribution in [0, 0.1) is 6.92 Å². The summed E-state index contributed by atoms with van der Waals surface area (Å²) in [5, 5.41) is 2.82. The van der Waals surface area contributed by atoms with Gasteiger partial charge in [0.2, 0.25) is 11.8 Å². The average molecular weight is 389 g/mol. The Morgan fingerprint density at radius 3 is 2.33 bits per heavy atom. The minimum Gasteiger partial charge on any atom is -0.324 e. The van der Waals surface area contributed by atoms with E-state index in [1.165, 1.54) is 17.4 Å². The number of rotatable bonds is 5. The second kappa shape index (κ2) is 8.11. The molecule has 0 atom stereocenters. The number of anilines is 2. The number of halogens is 1. The fourth-order valence-corrected chi connectivity index (χ4v) is 2.69. The lowest BCUT2D eigenvalue weighted by Gasteiger charge is -2.21. The van der Waals surface area contributed by atoms with E-state index < -0.39 is 0 Å². The van der Waals surface area contributed by atoms with Crippen molar-refractivity contribution >= 4 is 39.1 Å². The van der Waals surface area contributed by atoms with Crippen LogP contribution in [-0.2, 0) is 16.0 Å². The molecular weight excluding hydrogens is 368 g/mol. The second-order valence-electron chi connectivity index (χ2n) is 5.64. The van der Waals surface area contributed by atoms with Crippen LogP contribution in [0.3, 0.4) is 0 Å². The van der Waals surface area contributed by atoms with Crippen molar-refractivity contribution in [3.8, 4) is 0 Å². The predicted octanol–water partition coefficient (Wildman–Crippen LogP) is 4.31. The molecule has 0 bridgehead atoms. The Morgan fingerprint density at radius 1 is 1.12 bits per heavy atom. The van der Waals surface area contributed by atoms with Gasteiger partial charge in [-0.15, -0.1) is 0 Å². The molecule has 1 N–H and O–H groups in total. The summed E-state index contributed by atoms with van der Waals surface area (Å²) in [7, 11) is 0. The normalized spacial score (nSPS) is 10.3. The average Bonchev–Trinajstić information content (AvgIpc) is 2.56. The molecule has 0 spiro atoms. The summed E-state index contributed by atoms with van der Waals surface area (Å²) < 4.78 is 0.930. The summed E-state index contributed by atoms with van der Waals surface area (Å²) in [6, 6.07) is 13.3. The maximum absolute atomic E-state index is 12.3. The molecule has 2 aromatic rings.